The van der Waals surface area contributed by atoms with Crippen LogP contribution in [0.3, 0.4) is 0 Å². The first-order valence-electron chi connectivity index (χ1n) is 7.33. The predicted molar refractivity (Wildman–Crippen MR) is 87.5 cm³/mol. The van der Waals surface area contributed by atoms with Gasteiger partial charge in [0.1, 0.15) is 24.7 Å². The Labute approximate surface area is 136 Å². The minimum absolute atomic E-state index is 0.103. The van der Waals surface area contributed by atoms with Crippen LogP contribution < -0.4 is 5.32 Å². The summed E-state index contributed by atoms with van der Waals surface area (Å²) in [7, 11) is 0. The van der Waals surface area contributed by atoms with Gasteiger partial charge in [0.2, 0.25) is 5.91 Å². The van der Waals surface area contributed by atoms with E-state index in [2.05, 4.69) is 25.7 Å². The molecule has 0 aliphatic heterocycles. The number of para-hydroxylation sites is 1. The van der Waals surface area contributed by atoms with E-state index in [1.54, 1.807) is 15.7 Å². The number of carbonyl (C=O) groups excluding carboxylic acids is 1. The molecule has 1 amide bonds. The van der Waals surface area contributed by atoms with Crippen molar-refractivity contribution in [2.75, 3.05) is 5.32 Å². The van der Waals surface area contributed by atoms with Crippen molar-refractivity contribution in [3.8, 4) is 5.69 Å². The Kier molecular flexibility index (Phi) is 3.47. The maximum absolute atomic E-state index is 12.2. The third kappa shape index (κ3) is 2.72. The van der Waals surface area contributed by atoms with Gasteiger partial charge in [0.05, 0.1) is 11.2 Å². The fraction of sp³-hybridized carbons (Fsp3) is 0.0625. The fourth-order valence-electron chi connectivity index (χ4n) is 2.41. The highest BCUT2D eigenvalue weighted by molar-refractivity contribution is 5.91. The first kappa shape index (κ1) is 14.1. The van der Waals surface area contributed by atoms with Crippen molar-refractivity contribution >= 4 is 22.6 Å². The van der Waals surface area contributed by atoms with Crippen LogP contribution in [0.5, 0.6) is 0 Å². The first-order chi connectivity index (χ1) is 11.8. The maximum atomic E-state index is 12.2. The van der Waals surface area contributed by atoms with Crippen LogP contribution in [0, 0.1) is 0 Å². The number of amides is 1. The zero-order chi connectivity index (χ0) is 16.4. The van der Waals surface area contributed by atoms with Gasteiger partial charge in [-0.05, 0) is 36.4 Å². The molecular weight excluding hydrogens is 306 g/mol. The Morgan fingerprint density at radius 3 is 2.71 bits per heavy atom. The van der Waals surface area contributed by atoms with Crippen molar-refractivity contribution < 1.29 is 4.79 Å². The van der Waals surface area contributed by atoms with E-state index in [4.69, 9.17) is 0 Å². The summed E-state index contributed by atoms with van der Waals surface area (Å²) in [5.74, 6) is -0.167. The molecule has 2 aromatic carbocycles. The first-order valence-corrected chi connectivity index (χ1v) is 7.33. The van der Waals surface area contributed by atoms with Crippen LogP contribution >= 0.6 is 0 Å². The van der Waals surface area contributed by atoms with E-state index in [1.807, 2.05) is 48.5 Å². The molecule has 2 heterocycles. The molecule has 0 saturated carbocycles. The van der Waals surface area contributed by atoms with Gasteiger partial charge in [0.25, 0.3) is 0 Å². The highest BCUT2D eigenvalue weighted by atomic mass is 16.2. The fourth-order valence-corrected chi connectivity index (χ4v) is 2.41. The molecule has 0 unspecified atom stereocenters. The van der Waals surface area contributed by atoms with Crippen LogP contribution in [-0.2, 0) is 11.3 Å². The van der Waals surface area contributed by atoms with Crippen molar-refractivity contribution in [1.29, 1.82) is 0 Å². The predicted octanol–water partition coefficient (Wildman–Crippen LogP) is 1.65. The molecule has 0 saturated heterocycles. The van der Waals surface area contributed by atoms with Crippen molar-refractivity contribution in [3.63, 3.8) is 0 Å². The highest BCUT2D eigenvalue weighted by Gasteiger charge is 2.09. The number of nitrogens with zero attached hydrogens (tertiary/aromatic N) is 6. The van der Waals surface area contributed by atoms with Crippen LogP contribution in [0.2, 0.25) is 0 Å². The lowest BCUT2D eigenvalue weighted by molar-refractivity contribution is -0.116. The van der Waals surface area contributed by atoms with E-state index in [9.17, 15) is 4.79 Å². The number of rotatable bonds is 4. The van der Waals surface area contributed by atoms with Gasteiger partial charge in [-0.2, -0.15) is 5.10 Å². The number of fused-ring (bicyclic) bond motifs is 1. The van der Waals surface area contributed by atoms with Gasteiger partial charge in [-0.15, -0.1) is 5.10 Å². The minimum Gasteiger partial charge on any atom is -0.324 e. The summed E-state index contributed by atoms with van der Waals surface area (Å²) >= 11 is 0. The summed E-state index contributed by atoms with van der Waals surface area (Å²) in [6.07, 6.45) is 3.08. The summed E-state index contributed by atoms with van der Waals surface area (Å²) in [6, 6.07) is 14.9. The molecule has 0 aliphatic carbocycles. The van der Waals surface area contributed by atoms with Crippen LogP contribution in [0.1, 0.15) is 0 Å². The minimum atomic E-state index is -0.167. The molecule has 2 aromatic heterocycles. The van der Waals surface area contributed by atoms with Crippen LogP contribution in [-0.4, -0.2) is 35.7 Å². The third-order valence-corrected chi connectivity index (χ3v) is 3.55. The Morgan fingerprint density at radius 2 is 1.92 bits per heavy atom. The zero-order valence-electron chi connectivity index (χ0n) is 12.6. The quantitative estimate of drug-likeness (QED) is 0.617. The molecule has 0 radical (unpaired) electrons. The van der Waals surface area contributed by atoms with Gasteiger partial charge >= 0.3 is 0 Å². The molecule has 1 N–H and O–H groups in total. The third-order valence-electron chi connectivity index (χ3n) is 3.55. The lowest BCUT2D eigenvalue weighted by Crippen LogP contribution is -2.19. The van der Waals surface area contributed by atoms with Gasteiger partial charge in [0, 0.05) is 5.69 Å². The normalized spacial score (nSPS) is 10.8. The number of aromatic nitrogens is 6. The topological polar surface area (TPSA) is 90.5 Å². The second-order valence-electron chi connectivity index (χ2n) is 5.17. The monoisotopic (exact) mass is 319 g/mol. The summed E-state index contributed by atoms with van der Waals surface area (Å²) in [4.78, 5) is 16.1. The Hall–Kier alpha value is -3.55. The summed E-state index contributed by atoms with van der Waals surface area (Å²) in [5, 5.41) is 14.9. The average molecular weight is 319 g/mol. The smallest absolute Gasteiger partial charge is 0.246 e. The van der Waals surface area contributed by atoms with Crippen LogP contribution in [0.4, 0.5) is 5.69 Å². The number of anilines is 1. The Bertz CT molecular complexity index is 973. The number of nitrogens with one attached hydrogen (secondary N) is 1. The van der Waals surface area contributed by atoms with Gasteiger partial charge in [-0.25, -0.2) is 14.3 Å². The zero-order valence-corrected chi connectivity index (χ0v) is 12.6. The SMILES string of the molecule is O=C(Cn1nnc2ccccc21)Nc1ccc(-n2cncn2)cc1. The maximum Gasteiger partial charge on any atom is 0.246 e. The van der Waals surface area contributed by atoms with E-state index in [0.29, 0.717) is 5.69 Å². The number of carbonyl (C=O) groups is 1. The summed E-state index contributed by atoms with van der Waals surface area (Å²) in [6.45, 7) is 0.103. The molecular formula is C16H13N7O. The molecule has 0 fully saturated rings. The molecule has 0 bridgehead atoms. The highest BCUT2D eigenvalue weighted by Crippen LogP contribution is 2.13. The second kappa shape index (κ2) is 5.92. The number of benzene rings is 2. The number of hydrogen-bond donors (Lipinski definition) is 1. The summed E-state index contributed by atoms with van der Waals surface area (Å²) < 4.78 is 3.22. The van der Waals surface area contributed by atoms with Crippen LogP contribution in [0.25, 0.3) is 16.7 Å². The van der Waals surface area contributed by atoms with Gasteiger partial charge in [-0.3, -0.25) is 4.79 Å². The van der Waals surface area contributed by atoms with Crippen molar-refractivity contribution in [1.82, 2.24) is 29.8 Å². The molecule has 8 heteroatoms. The Morgan fingerprint density at radius 1 is 1.08 bits per heavy atom. The van der Waals surface area contributed by atoms with E-state index >= 15 is 0 Å². The Balaban J connectivity index is 1.46. The molecule has 24 heavy (non-hydrogen) atoms. The van der Waals surface area contributed by atoms with E-state index < -0.39 is 0 Å². The van der Waals surface area contributed by atoms with Crippen molar-refractivity contribution in [3.05, 3.63) is 61.2 Å². The molecule has 0 aliphatic rings. The molecule has 8 nitrogen and oxygen atoms in total. The number of hydrogen-bond acceptors (Lipinski definition) is 5. The van der Waals surface area contributed by atoms with Gasteiger partial charge in [-0.1, -0.05) is 17.3 Å². The van der Waals surface area contributed by atoms with Gasteiger partial charge in [0.15, 0.2) is 0 Å². The van der Waals surface area contributed by atoms with E-state index in [-0.39, 0.29) is 12.5 Å². The van der Waals surface area contributed by atoms with Crippen molar-refractivity contribution in [2.45, 2.75) is 6.54 Å². The average Bonchev–Trinajstić information content (AvgIpc) is 3.26. The van der Waals surface area contributed by atoms with Crippen LogP contribution in [0.15, 0.2) is 61.2 Å². The molecule has 0 spiro atoms. The lowest BCUT2D eigenvalue weighted by Gasteiger charge is -2.07. The van der Waals surface area contributed by atoms with Crippen molar-refractivity contribution in [2.24, 2.45) is 0 Å². The lowest BCUT2D eigenvalue weighted by atomic mass is 10.3. The summed E-state index contributed by atoms with van der Waals surface area (Å²) in [5.41, 5.74) is 3.16. The molecule has 118 valence electrons. The van der Waals surface area contributed by atoms with E-state index in [1.165, 1.54) is 6.33 Å². The van der Waals surface area contributed by atoms with Gasteiger partial charge < -0.3 is 5.32 Å². The second-order valence-corrected chi connectivity index (χ2v) is 5.17. The standard InChI is InChI=1S/C16H13N7O/c24-16(9-22-15-4-2-1-3-14(15)20-21-22)19-12-5-7-13(8-6-12)23-11-17-10-18-23/h1-8,10-11H,9H2,(H,19,24). The largest absolute Gasteiger partial charge is 0.324 e. The molecule has 4 rings (SSSR count). The van der Waals surface area contributed by atoms with E-state index in [0.717, 1.165) is 16.7 Å². The molecule has 4 aromatic rings. The molecule has 0 atom stereocenters.